The molecule has 7 heterocycles. The Hall–Kier alpha value is -7.46. The van der Waals surface area contributed by atoms with Gasteiger partial charge in [-0.1, -0.05) is 74.0 Å². The van der Waals surface area contributed by atoms with Crippen molar-refractivity contribution in [1.29, 1.82) is 10.5 Å². The highest BCUT2D eigenvalue weighted by Gasteiger charge is 2.44. The second-order valence-corrected chi connectivity index (χ2v) is 23.2. The van der Waals surface area contributed by atoms with Crippen molar-refractivity contribution < 1.29 is 37.5 Å². The Labute approximate surface area is 470 Å². The second kappa shape index (κ2) is 23.0. The highest BCUT2D eigenvalue weighted by Crippen LogP contribution is 2.46. The number of hydrogen-bond acceptors (Lipinski definition) is 16. The Morgan fingerprint density at radius 1 is 0.963 bits per heavy atom. The highest BCUT2D eigenvalue weighted by atomic mass is 35.5. The average molecular weight is 1120 g/mol. The van der Waals surface area contributed by atoms with E-state index in [1.807, 2.05) is 63.2 Å². The quantitative estimate of drug-likeness (QED) is 0.0707. The summed E-state index contributed by atoms with van der Waals surface area (Å²) in [6.07, 6.45) is 2.90. The van der Waals surface area contributed by atoms with Gasteiger partial charge in [0.25, 0.3) is 5.88 Å². The third-order valence-corrected chi connectivity index (χ3v) is 17.4. The molecule has 0 saturated carbocycles. The van der Waals surface area contributed by atoms with Crippen molar-refractivity contribution in [1.82, 2.24) is 35.6 Å². The van der Waals surface area contributed by atoms with Gasteiger partial charge in [0.1, 0.15) is 46.8 Å². The molecular weight excluding hydrogens is 1060 g/mol. The van der Waals surface area contributed by atoms with E-state index >= 15 is 8.78 Å². The van der Waals surface area contributed by atoms with E-state index < -0.39 is 35.7 Å². The molecule has 414 valence electrons. The van der Waals surface area contributed by atoms with E-state index in [1.54, 1.807) is 18.2 Å². The number of nitriles is 2. The number of thiophene rings is 1. The van der Waals surface area contributed by atoms with Gasteiger partial charge in [-0.2, -0.15) is 20.5 Å². The number of rotatable bonds is 16. The first-order valence-electron chi connectivity index (χ1n) is 27.1. The Morgan fingerprint density at radius 2 is 1.71 bits per heavy atom. The summed E-state index contributed by atoms with van der Waals surface area (Å²) in [5.41, 5.74) is 9.50. The second-order valence-electron chi connectivity index (χ2n) is 21.7. The molecule has 4 aliphatic heterocycles. The number of benzene rings is 4. The number of ether oxygens (including phenoxy) is 2. The van der Waals surface area contributed by atoms with Gasteiger partial charge in [0.2, 0.25) is 11.8 Å². The summed E-state index contributed by atoms with van der Waals surface area (Å²) in [6, 6.07) is 24.4. The lowest BCUT2D eigenvalue weighted by molar-refractivity contribution is -0.141. The Kier molecular flexibility index (Phi) is 15.6. The van der Waals surface area contributed by atoms with Gasteiger partial charge in [0.15, 0.2) is 11.6 Å². The predicted octanol–water partition coefficient (Wildman–Crippen LogP) is 9.11. The van der Waals surface area contributed by atoms with Crippen LogP contribution in [0.4, 0.5) is 19.6 Å². The van der Waals surface area contributed by atoms with Crippen molar-refractivity contribution in [3.63, 3.8) is 0 Å². The number of nitrogens with one attached hydrogen (secondary N) is 2. The summed E-state index contributed by atoms with van der Waals surface area (Å²) in [5, 5.41) is 42.0. The average Bonchev–Trinajstić information content (AvgIpc) is 4.15. The molecule has 3 aromatic heterocycles. The van der Waals surface area contributed by atoms with Gasteiger partial charge in [0, 0.05) is 67.1 Å². The zero-order valence-electron chi connectivity index (χ0n) is 44.4. The van der Waals surface area contributed by atoms with E-state index in [2.05, 4.69) is 42.7 Å². The van der Waals surface area contributed by atoms with Crippen LogP contribution in [0.5, 0.6) is 11.9 Å². The number of piperidine rings is 1. The fourth-order valence-electron chi connectivity index (χ4n) is 11.9. The van der Waals surface area contributed by atoms with E-state index in [1.165, 1.54) is 17.0 Å². The Bertz CT molecular complexity index is 3570. The number of halogens is 3. The number of nitrogen functional groups attached to an aromatic ring is 1. The molecule has 4 fully saturated rings. The fourth-order valence-corrected chi connectivity index (χ4v) is 13.2. The van der Waals surface area contributed by atoms with Crippen LogP contribution in [-0.4, -0.2) is 119 Å². The number of aliphatic hydroxyl groups excluding tert-OH is 1. The van der Waals surface area contributed by atoms with E-state index in [4.69, 9.17) is 36.3 Å². The first kappa shape index (κ1) is 54.5. The molecule has 80 heavy (non-hydrogen) atoms. The van der Waals surface area contributed by atoms with Gasteiger partial charge in [0.05, 0.1) is 45.7 Å². The number of aromatic nitrogens is 3. The molecule has 4 aliphatic rings. The summed E-state index contributed by atoms with van der Waals surface area (Å²) in [7, 11) is 0. The number of aliphatic hydroxyl groups is 1. The van der Waals surface area contributed by atoms with Crippen LogP contribution in [0.15, 0.2) is 77.3 Å². The van der Waals surface area contributed by atoms with Gasteiger partial charge >= 0.3 is 6.01 Å². The van der Waals surface area contributed by atoms with Crippen molar-refractivity contribution in [3.05, 3.63) is 112 Å². The molecule has 21 heteroatoms. The molecule has 0 spiro atoms. The molecule has 0 aliphatic carbocycles. The minimum atomic E-state index is -0.898. The molecule has 11 rings (SSSR count). The maximum Gasteiger partial charge on any atom is 0.319 e. The summed E-state index contributed by atoms with van der Waals surface area (Å²) < 4.78 is 50.6. The van der Waals surface area contributed by atoms with Gasteiger partial charge in [-0.3, -0.25) is 14.5 Å². The van der Waals surface area contributed by atoms with Crippen LogP contribution in [-0.2, 0) is 9.59 Å². The summed E-state index contributed by atoms with van der Waals surface area (Å²) in [6.45, 7) is 9.65. The summed E-state index contributed by atoms with van der Waals surface area (Å²) in [4.78, 5) is 43.5. The number of hydrogen-bond donors (Lipinski definition) is 4. The van der Waals surface area contributed by atoms with Crippen LogP contribution in [0.25, 0.3) is 43.2 Å². The summed E-state index contributed by atoms with van der Waals surface area (Å²) >= 11 is 7.86. The molecule has 2 unspecified atom stereocenters. The smallest absolute Gasteiger partial charge is 0.319 e. The van der Waals surface area contributed by atoms with Crippen LogP contribution in [0.3, 0.4) is 0 Å². The zero-order valence-corrected chi connectivity index (χ0v) is 46.0. The molecule has 2 bridgehead atoms. The van der Waals surface area contributed by atoms with Gasteiger partial charge in [-0.25, -0.2) is 8.78 Å². The number of nitrogens with zero attached hydrogens (tertiary/aromatic N) is 8. The Morgan fingerprint density at radius 3 is 2.44 bits per heavy atom. The lowest BCUT2D eigenvalue weighted by atomic mass is 9.91. The van der Waals surface area contributed by atoms with Gasteiger partial charge in [-0.15, -0.1) is 11.3 Å². The largest absolute Gasteiger partial charge is 0.475 e. The van der Waals surface area contributed by atoms with Crippen molar-refractivity contribution in [2.24, 2.45) is 11.8 Å². The highest BCUT2D eigenvalue weighted by molar-refractivity contribution is 7.23. The van der Waals surface area contributed by atoms with Crippen molar-refractivity contribution in [2.75, 3.05) is 63.1 Å². The monoisotopic (exact) mass is 1120 g/mol. The minimum absolute atomic E-state index is 0.00190. The normalized spacial score (nSPS) is 20.3. The molecule has 4 saturated heterocycles. The number of likely N-dealkylation sites (tertiary alicyclic amines) is 2. The number of carbonyl (C=O) groups excluding carboxylic acids is 2. The number of piperazine rings is 1. The number of fused-ring (bicyclic) bond motifs is 4. The first-order valence-corrected chi connectivity index (χ1v) is 28.3. The SMILES string of the molecule is CC(C)[C@@H](C(=O)N1C[C@H](O)C[C@H]1C(=O)N[C@@H](C)c1ccc(-c2ccccc2C#N)cc1)c1cc(OCC2CCN(CCOc3nc(N4CC5CCC(C4)N5)c4cc(Cl)c(-c5ccc(F)c6sc(N)c(C#N)c56)c(F)c4n3)CC2)no1. The van der Waals surface area contributed by atoms with Crippen LogP contribution in [0.1, 0.15) is 87.3 Å². The minimum Gasteiger partial charge on any atom is -0.475 e. The van der Waals surface area contributed by atoms with Gasteiger partial charge < -0.3 is 45.3 Å². The standard InChI is InChI=1S/C59H60ClF2N11O6S/c1-31(2)49(58(76)73-29-39(74)22-46(73)57(75)66-32(3)34-8-10-35(11-9-34)40-7-5-4-6-36(40)25-63)47-24-48(70-79-47)78-30-33-16-18-71(19-17-33)20-21-77-59-68-53-42(56(69-59)72-27-37-12-13-38(28-72)67-37)23-44(60)51(52(53)62)41-14-15-45(61)54-50(41)43(26-64)55(65)80-54/h4-11,14-15,23-24,31-33,37-39,46,49,67,74H,12-13,16-22,27-30,65H2,1-3H3,(H,66,75)/t32-,37?,38?,39+,46-,49+/m0/s1. The topological polar surface area (TPSA) is 232 Å². The van der Waals surface area contributed by atoms with Crippen molar-refractivity contribution >= 4 is 66.6 Å². The summed E-state index contributed by atoms with van der Waals surface area (Å²) in [5.74, 6) is -1.79. The first-order chi connectivity index (χ1) is 38.7. The van der Waals surface area contributed by atoms with E-state index in [0.717, 1.165) is 66.8 Å². The lowest BCUT2D eigenvalue weighted by Crippen LogP contribution is -2.51. The maximum atomic E-state index is 17.2. The molecule has 4 aromatic carbocycles. The molecular formula is C59H60ClF2N11O6S. The van der Waals surface area contributed by atoms with Crippen LogP contribution < -0.4 is 30.7 Å². The predicted molar refractivity (Wildman–Crippen MR) is 300 cm³/mol. The molecule has 5 N–H and O–H groups in total. The lowest BCUT2D eigenvalue weighted by Gasteiger charge is -2.34. The number of β-amino-alcohol motifs (C(OH)–C–C–N with tert-alkyl or cyclic N) is 1. The third-order valence-electron chi connectivity index (χ3n) is 16.1. The molecule has 2 amide bonds. The van der Waals surface area contributed by atoms with E-state index in [-0.39, 0.29) is 110 Å². The molecule has 17 nitrogen and oxygen atoms in total. The molecule has 7 aromatic rings. The zero-order chi connectivity index (χ0) is 55.9. The number of anilines is 2. The van der Waals surface area contributed by atoms with E-state index in [9.17, 15) is 25.2 Å². The van der Waals surface area contributed by atoms with Crippen LogP contribution in [0.2, 0.25) is 5.02 Å². The molecule has 6 atom stereocenters. The maximum absolute atomic E-state index is 17.2. The van der Waals surface area contributed by atoms with Crippen LogP contribution >= 0.6 is 22.9 Å². The Balaban J connectivity index is 0.704. The van der Waals surface area contributed by atoms with Crippen molar-refractivity contribution in [2.45, 2.75) is 89.1 Å². The van der Waals surface area contributed by atoms with Crippen LogP contribution in [0, 0.1) is 46.1 Å². The number of carbonyl (C=O) groups is 2. The van der Waals surface area contributed by atoms with Gasteiger partial charge in [-0.05, 0) is 103 Å². The third kappa shape index (κ3) is 10.8. The van der Waals surface area contributed by atoms with Crippen molar-refractivity contribution in [3.8, 4) is 46.3 Å². The number of amides is 2. The fraction of sp³-hybridized carbons (Fsp3) is 0.407. The van der Waals surface area contributed by atoms with E-state index in [0.29, 0.717) is 48.8 Å². The molecule has 0 radical (unpaired) electrons. The number of nitrogens with two attached hydrogens (primary N) is 1.